The molecule has 1 fully saturated rings. The van der Waals surface area contributed by atoms with E-state index in [2.05, 4.69) is 20.9 Å². The van der Waals surface area contributed by atoms with Gasteiger partial charge in [0, 0.05) is 16.7 Å². The predicted molar refractivity (Wildman–Crippen MR) is 74.9 cm³/mol. The second-order valence-electron chi connectivity index (χ2n) is 4.66. The summed E-state index contributed by atoms with van der Waals surface area (Å²) >= 11 is 3.34. The first-order valence-corrected chi connectivity index (χ1v) is 7.43. The van der Waals surface area contributed by atoms with E-state index in [1.807, 2.05) is 19.1 Å². The molecule has 2 rings (SSSR count). The molecule has 1 heterocycles. The van der Waals surface area contributed by atoms with Crippen LogP contribution in [0.5, 0.6) is 5.88 Å². The molecule has 5 heteroatoms. The maximum atomic E-state index is 11.6. The first-order valence-electron chi connectivity index (χ1n) is 6.64. The van der Waals surface area contributed by atoms with Crippen LogP contribution in [0, 0.1) is 5.92 Å². The van der Waals surface area contributed by atoms with E-state index in [4.69, 9.17) is 9.47 Å². The van der Waals surface area contributed by atoms with E-state index < -0.39 is 0 Å². The van der Waals surface area contributed by atoms with Gasteiger partial charge in [-0.25, -0.2) is 4.98 Å². The van der Waals surface area contributed by atoms with Gasteiger partial charge in [-0.1, -0.05) is 0 Å². The molecule has 19 heavy (non-hydrogen) atoms. The van der Waals surface area contributed by atoms with Crippen molar-refractivity contribution in [3.05, 3.63) is 22.8 Å². The number of pyridine rings is 1. The summed E-state index contributed by atoms with van der Waals surface area (Å²) in [6, 6.07) is 3.76. The van der Waals surface area contributed by atoms with E-state index in [1.54, 1.807) is 6.20 Å². The fourth-order valence-corrected chi connectivity index (χ4v) is 2.51. The van der Waals surface area contributed by atoms with Gasteiger partial charge in [-0.3, -0.25) is 4.79 Å². The first kappa shape index (κ1) is 14.3. The average Bonchev–Trinajstić information content (AvgIpc) is 2.42. The lowest BCUT2D eigenvalue weighted by Gasteiger charge is -2.27. The molecule has 1 aromatic heterocycles. The van der Waals surface area contributed by atoms with Crippen LogP contribution in [0.25, 0.3) is 0 Å². The highest BCUT2D eigenvalue weighted by Gasteiger charge is 2.28. The molecule has 0 aliphatic heterocycles. The van der Waals surface area contributed by atoms with Crippen LogP contribution in [0.2, 0.25) is 0 Å². The Kier molecular flexibility index (Phi) is 5.19. The third kappa shape index (κ3) is 4.20. The summed E-state index contributed by atoms with van der Waals surface area (Å²) < 4.78 is 11.8. The highest BCUT2D eigenvalue weighted by molar-refractivity contribution is 9.10. The maximum absolute atomic E-state index is 11.6. The molecule has 1 aliphatic rings. The summed E-state index contributed by atoms with van der Waals surface area (Å²) in [5.41, 5.74) is 0. The van der Waals surface area contributed by atoms with Crippen LogP contribution < -0.4 is 4.74 Å². The van der Waals surface area contributed by atoms with Crippen molar-refractivity contribution in [1.29, 1.82) is 0 Å². The molecule has 0 radical (unpaired) electrons. The standard InChI is InChI=1S/C14H18BrNO3/c1-2-18-14(17)10-3-6-12(7-4-10)19-13-8-5-11(15)9-16-13/h5,8-10,12H,2-4,6-7H2,1H3/t10-,12-. The van der Waals surface area contributed by atoms with Gasteiger partial charge < -0.3 is 9.47 Å². The molecular weight excluding hydrogens is 310 g/mol. The van der Waals surface area contributed by atoms with Gasteiger partial charge in [0.25, 0.3) is 0 Å². The first-order chi connectivity index (χ1) is 9.19. The van der Waals surface area contributed by atoms with Gasteiger partial charge in [-0.15, -0.1) is 0 Å². The van der Waals surface area contributed by atoms with Crippen LogP contribution >= 0.6 is 15.9 Å². The largest absolute Gasteiger partial charge is 0.474 e. The summed E-state index contributed by atoms with van der Waals surface area (Å²) in [5, 5.41) is 0. The number of halogens is 1. The number of nitrogens with zero attached hydrogens (tertiary/aromatic N) is 1. The fourth-order valence-electron chi connectivity index (χ4n) is 2.28. The summed E-state index contributed by atoms with van der Waals surface area (Å²) in [4.78, 5) is 15.8. The van der Waals surface area contributed by atoms with E-state index in [0.717, 1.165) is 30.2 Å². The monoisotopic (exact) mass is 327 g/mol. The van der Waals surface area contributed by atoms with Gasteiger partial charge in [0.2, 0.25) is 5.88 Å². The van der Waals surface area contributed by atoms with E-state index >= 15 is 0 Å². The highest BCUT2D eigenvalue weighted by Crippen LogP contribution is 2.28. The number of hydrogen-bond donors (Lipinski definition) is 0. The smallest absolute Gasteiger partial charge is 0.308 e. The lowest BCUT2D eigenvalue weighted by molar-refractivity contribution is -0.149. The van der Waals surface area contributed by atoms with Crippen molar-refractivity contribution in [3.63, 3.8) is 0 Å². The van der Waals surface area contributed by atoms with Gasteiger partial charge in [0.15, 0.2) is 0 Å². The van der Waals surface area contributed by atoms with Crippen LogP contribution in [-0.4, -0.2) is 23.7 Å². The lowest BCUT2D eigenvalue weighted by atomic mass is 9.87. The molecular formula is C14H18BrNO3. The van der Waals surface area contributed by atoms with Crippen LogP contribution in [0.1, 0.15) is 32.6 Å². The Bertz CT molecular complexity index is 413. The second-order valence-corrected chi connectivity index (χ2v) is 5.57. The molecule has 0 spiro atoms. The van der Waals surface area contributed by atoms with Crippen molar-refractivity contribution in [3.8, 4) is 5.88 Å². The topological polar surface area (TPSA) is 48.4 Å². The van der Waals surface area contributed by atoms with E-state index in [0.29, 0.717) is 12.5 Å². The highest BCUT2D eigenvalue weighted by atomic mass is 79.9. The van der Waals surface area contributed by atoms with Gasteiger partial charge in [-0.2, -0.15) is 0 Å². The molecule has 0 unspecified atom stereocenters. The van der Waals surface area contributed by atoms with Crippen LogP contribution in [0.3, 0.4) is 0 Å². The number of aromatic nitrogens is 1. The lowest BCUT2D eigenvalue weighted by Crippen LogP contribution is -2.29. The van der Waals surface area contributed by atoms with E-state index in [1.165, 1.54) is 0 Å². The van der Waals surface area contributed by atoms with Crippen LogP contribution in [0.4, 0.5) is 0 Å². The van der Waals surface area contributed by atoms with Gasteiger partial charge >= 0.3 is 5.97 Å². The normalized spacial score (nSPS) is 22.8. The van der Waals surface area contributed by atoms with Gasteiger partial charge in [0.1, 0.15) is 6.10 Å². The number of rotatable bonds is 4. The molecule has 1 aromatic rings. The summed E-state index contributed by atoms with van der Waals surface area (Å²) in [5.74, 6) is 0.614. The summed E-state index contributed by atoms with van der Waals surface area (Å²) in [7, 11) is 0. The quantitative estimate of drug-likeness (QED) is 0.796. The predicted octanol–water partition coefficient (Wildman–Crippen LogP) is 3.34. The number of ether oxygens (including phenoxy) is 2. The molecule has 0 aromatic carbocycles. The molecule has 0 amide bonds. The zero-order chi connectivity index (χ0) is 13.7. The number of carbonyl (C=O) groups is 1. The van der Waals surface area contributed by atoms with Crippen molar-refractivity contribution in [2.75, 3.05) is 6.61 Å². The Morgan fingerprint density at radius 2 is 2.11 bits per heavy atom. The zero-order valence-electron chi connectivity index (χ0n) is 11.0. The molecule has 0 saturated heterocycles. The van der Waals surface area contributed by atoms with Crippen molar-refractivity contribution >= 4 is 21.9 Å². The Balaban J connectivity index is 1.80. The third-order valence-electron chi connectivity index (χ3n) is 3.28. The molecule has 0 atom stereocenters. The molecule has 0 N–H and O–H groups in total. The Labute approximate surface area is 121 Å². The van der Waals surface area contributed by atoms with Gasteiger partial charge in [-0.05, 0) is 54.6 Å². The minimum Gasteiger partial charge on any atom is -0.474 e. The van der Waals surface area contributed by atoms with Crippen molar-refractivity contribution in [2.24, 2.45) is 5.92 Å². The Hall–Kier alpha value is -1.10. The minimum atomic E-state index is -0.0669. The zero-order valence-corrected chi connectivity index (χ0v) is 12.6. The molecule has 104 valence electrons. The van der Waals surface area contributed by atoms with Crippen molar-refractivity contribution in [2.45, 2.75) is 38.7 Å². The average molecular weight is 328 g/mol. The second kappa shape index (κ2) is 6.89. The third-order valence-corrected chi connectivity index (χ3v) is 3.75. The molecule has 1 saturated carbocycles. The van der Waals surface area contributed by atoms with Crippen molar-refractivity contribution < 1.29 is 14.3 Å². The molecule has 1 aliphatic carbocycles. The summed E-state index contributed by atoms with van der Waals surface area (Å²) in [6.07, 6.45) is 5.29. The fraction of sp³-hybridized carbons (Fsp3) is 0.571. The number of hydrogen-bond acceptors (Lipinski definition) is 4. The minimum absolute atomic E-state index is 0.0395. The Morgan fingerprint density at radius 3 is 2.68 bits per heavy atom. The Morgan fingerprint density at radius 1 is 1.37 bits per heavy atom. The van der Waals surface area contributed by atoms with E-state index in [-0.39, 0.29) is 18.0 Å². The van der Waals surface area contributed by atoms with Crippen molar-refractivity contribution in [1.82, 2.24) is 4.98 Å². The summed E-state index contributed by atoms with van der Waals surface area (Å²) in [6.45, 7) is 2.30. The number of carbonyl (C=O) groups excluding carboxylic acids is 1. The van der Waals surface area contributed by atoms with E-state index in [9.17, 15) is 4.79 Å². The molecule has 0 bridgehead atoms. The SMILES string of the molecule is CCOC(=O)[C@H]1CC[C@H](Oc2ccc(Br)cn2)CC1. The van der Waals surface area contributed by atoms with Gasteiger partial charge in [0.05, 0.1) is 12.5 Å². The molecule has 4 nitrogen and oxygen atoms in total. The van der Waals surface area contributed by atoms with Crippen LogP contribution in [0.15, 0.2) is 22.8 Å². The van der Waals surface area contributed by atoms with Crippen LogP contribution in [-0.2, 0) is 9.53 Å². The maximum Gasteiger partial charge on any atom is 0.308 e. The number of esters is 1.